The molecule has 0 atom stereocenters. The number of para-hydroxylation sites is 1. The maximum absolute atomic E-state index is 4.17. The fourth-order valence-corrected chi connectivity index (χ4v) is 4.50. The molecule has 4 aromatic rings. The molecule has 1 nitrogen and oxygen atoms in total. The van der Waals surface area contributed by atoms with Crippen molar-refractivity contribution in [3.8, 4) is 11.1 Å². The first-order chi connectivity index (χ1) is 14.2. The van der Waals surface area contributed by atoms with Crippen molar-refractivity contribution in [2.24, 2.45) is 7.05 Å². The van der Waals surface area contributed by atoms with Crippen molar-refractivity contribution < 1.29 is 47.5 Å². The Morgan fingerprint density at radius 3 is 2.58 bits per heavy atom. The first-order valence-electron chi connectivity index (χ1n) is 9.36. The van der Waals surface area contributed by atoms with Gasteiger partial charge in [-0.25, -0.2) is 0 Å². The molecule has 0 spiro atoms. The van der Waals surface area contributed by atoms with E-state index >= 15 is 0 Å². The molecule has 0 amide bonds. The zero-order valence-corrected chi connectivity index (χ0v) is 23.1. The Morgan fingerprint density at radius 1 is 1.03 bits per heavy atom. The van der Waals surface area contributed by atoms with Crippen LogP contribution in [0.5, 0.6) is 0 Å². The van der Waals surface area contributed by atoms with Gasteiger partial charge in [0.05, 0.1) is 0 Å². The second-order valence-electron chi connectivity index (χ2n) is 6.99. The van der Waals surface area contributed by atoms with Gasteiger partial charge in [-0.15, -0.1) is 58.7 Å². The minimum absolute atomic E-state index is 0. The van der Waals surface area contributed by atoms with Crippen LogP contribution in [0.15, 0.2) is 65.1 Å². The molecular formula is C25H18BrCl2NSZr-2. The summed E-state index contributed by atoms with van der Waals surface area (Å²) in [5, 5.41) is 1.35. The second kappa shape index (κ2) is 11.8. The van der Waals surface area contributed by atoms with E-state index in [1.54, 1.807) is 0 Å². The number of allylic oxidation sites excluding steroid dienone is 1. The summed E-state index contributed by atoms with van der Waals surface area (Å²) in [6.07, 6.45) is 6.36. The molecule has 156 valence electrons. The summed E-state index contributed by atoms with van der Waals surface area (Å²) in [6.45, 7) is 0. The molecule has 3 aromatic carbocycles. The summed E-state index contributed by atoms with van der Waals surface area (Å²) in [7, 11) is 6.33. The SMILES string of the molecule is Cn1c2c(c3ccccc31)-c1ccc(Br)[c-]c1C2.[Cl-].[Cl-].[S]=[Zr+2].[c-]1cccc2c1C=CC2. The van der Waals surface area contributed by atoms with Gasteiger partial charge in [0.25, 0.3) is 0 Å². The van der Waals surface area contributed by atoms with E-state index < -0.39 is 0 Å². The third-order valence-corrected chi connectivity index (χ3v) is 5.90. The predicted molar refractivity (Wildman–Crippen MR) is 123 cm³/mol. The molecule has 6 heteroatoms. The molecule has 0 saturated heterocycles. The van der Waals surface area contributed by atoms with Crippen molar-refractivity contribution in [2.75, 3.05) is 0 Å². The van der Waals surface area contributed by atoms with Crippen LogP contribution < -0.4 is 24.8 Å². The van der Waals surface area contributed by atoms with Crippen LogP contribution in [0.3, 0.4) is 0 Å². The van der Waals surface area contributed by atoms with Gasteiger partial charge >= 0.3 is 31.5 Å². The Kier molecular flexibility index (Phi) is 10.0. The van der Waals surface area contributed by atoms with Crippen LogP contribution in [0.2, 0.25) is 0 Å². The van der Waals surface area contributed by atoms with Crippen molar-refractivity contribution in [1.29, 1.82) is 0 Å². The van der Waals surface area contributed by atoms with Crippen molar-refractivity contribution in [3.05, 3.63) is 99.7 Å². The van der Waals surface area contributed by atoms with Gasteiger partial charge < -0.3 is 29.4 Å². The van der Waals surface area contributed by atoms with Gasteiger partial charge in [0.1, 0.15) is 0 Å². The number of fused-ring (bicyclic) bond motifs is 6. The summed E-state index contributed by atoms with van der Waals surface area (Å²) in [5.74, 6) is 0. The Hall–Kier alpha value is -0.897. The van der Waals surface area contributed by atoms with Gasteiger partial charge in [0, 0.05) is 18.3 Å². The van der Waals surface area contributed by atoms with E-state index in [0.29, 0.717) is 0 Å². The molecule has 0 radical (unpaired) electrons. The number of nitrogens with zero attached hydrogens (tertiary/aromatic N) is 1. The maximum Gasteiger partial charge on any atom is -0.0528 e. The van der Waals surface area contributed by atoms with Crippen LogP contribution in [-0.2, 0) is 42.6 Å². The molecule has 2 aliphatic rings. The summed E-state index contributed by atoms with van der Waals surface area (Å²) >= 11 is 4.64. The number of halogens is 3. The van der Waals surface area contributed by atoms with E-state index in [1.807, 2.05) is 12.1 Å². The number of aryl methyl sites for hydroxylation is 1. The predicted octanol–water partition coefficient (Wildman–Crippen LogP) is 1.02. The van der Waals surface area contributed by atoms with Gasteiger partial charge in [-0.2, -0.15) is 18.2 Å². The van der Waals surface area contributed by atoms with E-state index in [2.05, 4.69) is 103 Å². The van der Waals surface area contributed by atoms with Crippen LogP contribution in [0.1, 0.15) is 22.4 Å². The van der Waals surface area contributed by atoms with E-state index in [9.17, 15) is 0 Å². The number of hydrogen-bond acceptors (Lipinski definition) is 1. The monoisotopic (exact) mass is 603 g/mol. The molecule has 31 heavy (non-hydrogen) atoms. The Morgan fingerprint density at radius 2 is 1.81 bits per heavy atom. The van der Waals surface area contributed by atoms with Gasteiger partial charge in [-0.3, -0.25) is 0 Å². The summed E-state index contributed by atoms with van der Waals surface area (Å²) < 4.78 is 3.35. The van der Waals surface area contributed by atoms with Gasteiger partial charge in [0.15, 0.2) is 0 Å². The fraction of sp³-hybridized carbons (Fsp3) is 0.120. The Balaban J connectivity index is 0.000000224. The van der Waals surface area contributed by atoms with Crippen molar-refractivity contribution >= 4 is 41.8 Å². The number of hydrogen-bond donors (Lipinski definition) is 0. The molecule has 0 N–H and O–H groups in total. The Bertz CT molecular complexity index is 1240. The summed E-state index contributed by atoms with van der Waals surface area (Å²) in [6, 6.07) is 25.6. The number of aromatic nitrogens is 1. The molecule has 1 aromatic heterocycles. The molecule has 2 aliphatic carbocycles. The van der Waals surface area contributed by atoms with Crippen LogP contribution in [0.25, 0.3) is 28.1 Å². The minimum Gasteiger partial charge on any atom is -0.147 e. The standard InChI is InChI=1S/C16H11BrN.C9H7.2ClH.S.Zr/c1-18-14-5-3-2-4-13(14)16-12-7-6-11(17)8-10(12)9-15(16)18;1-2-5-9-7-3-6-8(9)4-1;;;;/h2-7H,9H2,1H3;1-4,7H,6H2;2*1H;;/q2*-1;;;;+2/p-2. The molecule has 0 aliphatic heterocycles. The zero-order chi connectivity index (χ0) is 20.4. The van der Waals surface area contributed by atoms with E-state index in [0.717, 1.165) is 40.0 Å². The molecule has 0 unspecified atom stereocenters. The largest absolute Gasteiger partial charge is 0.147 e. The molecule has 1 heterocycles. The normalized spacial score (nSPS) is 11.6. The first-order valence-corrected chi connectivity index (χ1v) is 13.6. The average Bonchev–Trinajstić information content (AvgIpc) is 3.45. The van der Waals surface area contributed by atoms with Crippen molar-refractivity contribution in [2.45, 2.75) is 12.8 Å². The van der Waals surface area contributed by atoms with Crippen LogP contribution in [0, 0.1) is 12.1 Å². The van der Waals surface area contributed by atoms with Gasteiger partial charge in [0.2, 0.25) is 0 Å². The average molecular weight is 607 g/mol. The molecule has 6 rings (SSSR count). The topological polar surface area (TPSA) is 4.93 Å². The Labute approximate surface area is 222 Å². The van der Waals surface area contributed by atoms with Crippen molar-refractivity contribution in [3.63, 3.8) is 0 Å². The third-order valence-electron chi connectivity index (χ3n) is 5.43. The van der Waals surface area contributed by atoms with E-state index in [1.165, 1.54) is 44.4 Å². The number of rotatable bonds is 0. The van der Waals surface area contributed by atoms with Crippen molar-refractivity contribution in [1.82, 2.24) is 4.57 Å². The molecular weight excluding hydrogens is 588 g/mol. The molecule has 0 saturated carbocycles. The van der Waals surface area contributed by atoms with Crippen LogP contribution in [0.4, 0.5) is 0 Å². The third kappa shape index (κ3) is 5.20. The minimum atomic E-state index is 0. The summed E-state index contributed by atoms with van der Waals surface area (Å²) in [4.78, 5) is 0. The van der Waals surface area contributed by atoms with Crippen LogP contribution >= 0.6 is 24.8 Å². The van der Waals surface area contributed by atoms with E-state index in [4.69, 9.17) is 0 Å². The van der Waals surface area contributed by atoms with Crippen LogP contribution in [-0.4, -0.2) is 4.57 Å². The smallest absolute Gasteiger partial charge is 0.0528 e. The zero-order valence-electron chi connectivity index (χ0n) is 16.8. The first kappa shape index (κ1) is 26.4. The molecule has 0 fully saturated rings. The summed E-state index contributed by atoms with van der Waals surface area (Å²) in [5.41, 5.74) is 9.42. The fourth-order valence-electron chi connectivity index (χ4n) is 4.13. The maximum atomic E-state index is 4.17. The van der Waals surface area contributed by atoms with Gasteiger partial charge in [-0.05, 0) is 23.4 Å². The quantitative estimate of drug-likeness (QED) is 0.239. The second-order valence-corrected chi connectivity index (χ2v) is 7.84. The van der Waals surface area contributed by atoms with Gasteiger partial charge in [-0.1, -0.05) is 45.0 Å². The molecule has 0 bridgehead atoms. The van der Waals surface area contributed by atoms with E-state index in [-0.39, 0.29) is 24.8 Å². The number of benzene rings is 3.